The van der Waals surface area contributed by atoms with Gasteiger partial charge in [-0.1, -0.05) is 6.58 Å². The second-order valence-corrected chi connectivity index (χ2v) is 5.44. The summed E-state index contributed by atoms with van der Waals surface area (Å²) in [7, 11) is 0. The molecule has 0 saturated heterocycles. The highest BCUT2D eigenvalue weighted by Gasteiger charge is 2.24. The molecule has 5 heteroatoms. The van der Waals surface area contributed by atoms with E-state index in [-0.39, 0.29) is 22.8 Å². The van der Waals surface area contributed by atoms with Crippen molar-refractivity contribution in [1.82, 2.24) is 0 Å². The molecular weight excluding hydrogens is 260 g/mol. The van der Waals surface area contributed by atoms with Crippen LogP contribution in [0.3, 0.4) is 0 Å². The number of carbonyl (C=O) groups excluding carboxylic acids is 2. The number of benzene rings is 1. The molecule has 0 aliphatic carbocycles. The zero-order valence-electron chi connectivity index (χ0n) is 12.0. The molecule has 20 heavy (non-hydrogen) atoms. The highest BCUT2D eigenvalue weighted by molar-refractivity contribution is 5.89. The summed E-state index contributed by atoms with van der Waals surface area (Å²) >= 11 is 0. The molecule has 0 bridgehead atoms. The van der Waals surface area contributed by atoms with Gasteiger partial charge in [0.25, 0.3) is 0 Å². The number of phenols is 1. The van der Waals surface area contributed by atoms with Gasteiger partial charge in [-0.05, 0) is 39.8 Å². The van der Waals surface area contributed by atoms with Gasteiger partial charge in [0.1, 0.15) is 5.75 Å². The minimum atomic E-state index is -0.652. The topological polar surface area (TPSA) is 72.8 Å². The molecule has 0 spiro atoms. The molecule has 0 aliphatic heterocycles. The average Bonchev–Trinajstić information content (AvgIpc) is 2.31. The van der Waals surface area contributed by atoms with Gasteiger partial charge in [0.15, 0.2) is 11.5 Å². The first kappa shape index (κ1) is 15.8. The number of ether oxygens (including phenoxy) is 2. The van der Waals surface area contributed by atoms with Gasteiger partial charge in [-0.3, -0.25) is 4.79 Å². The van der Waals surface area contributed by atoms with Crippen LogP contribution in [0, 0.1) is 5.41 Å². The van der Waals surface area contributed by atoms with Crippen LogP contribution in [0.4, 0.5) is 0 Å². The Hall–Kier alpha value is -2.30. The van der Waals surface area contributed by atoms with Gasteiger partial charge in [0.2, 0.25) is 0 Å². The second kappa shape index (κ2) is 5.77. The predicted molar refractivity (Wildman–Crippen MR) is 73.6 cm³/mol. The number of hydrogen-bond acceptors (Lipinski definition) is 5. The summed E-state index contributed by atoms with van der Waals surface area (Å²) in [6.45, 7) is 10.1. The Balaban J connectivity index is 2.86. The van der Waals surface area contributed by atoms with E-state index in [1.54, 1.807) is 20.8 Å². The first-order valence-electron chi connectivity index (χ1n) is 6.04. The predicted octanol–water partition coefficient (Wildman–Crippen LogP) is 2.83. The molecule has 0 saturated carbocycles. The van der Waals surface area contributed by atoms with Gasteiger partial charge in [-0.15, -0.1) is 0 Å². The standard InChI is InChI=1S/C15H18O5/c1-9(2)13(17)20-12-7-6-10(8-11(12)16)19-14(18)15(3,4)5/h6-8,16H,1H2,2-5H3. The number of hydrogen-bond donors (Lipinski definition) is 1. The molecule has 1 aromatic rings. The Labute approximate surface area is 117 Å². The molecule has 1 aromatic carbocycles. The molecule has 0 fully saturated rings. The molecule has 1 N–H and O–H groups in total. The molecule has 0 heterocycles. The van der Waals surface area contributed by atoms with E-state index in [4.69, 9.17) is 9.47 Å². The minimum Gasteiger partial charge on any atom is -0.504 e. The Morgan fingerprint density at radius 1 is 1.20 bits per heavy atom. The molecule has 0 atom stereocenters. The van der Waals surface area contributed by atoms with E-state index >= 15 is 0 Å². The van der Waals surface area contributed by atoms with E-state index in [0.29, 0.717) is 0 Å². The van der Waals surface area contributed by atoms with Gasteiger partial charge in [-0.2, -0.15) is 0 Å². The number of phenolic OH excluding ortho intramolecular Hbond substituents is 1. The lowest BCUT2D eigenvalue weighted by molar-refractivity contribution is -0.143. The van der Waals surface area contributed by atoms with Crippen LogP contribution in [0.2, 0.25) is 0 Å². The van der Waals surface area contributed by atoms with E-state index in [1.165, 1.54) is 25.1 Å². The molecule has 0 radical (unpaired) electrons. The van der Waals surface area contributed by atoms with E-state index in [9.17, 15) is 14.7 Å². The Kier molecular flexibility index (Phi) is 4.55. The third kappa shape index (κ3) is 4.12. The van der Waals surface area contributed by atoms with Crippen molar-refractivity contribution in [3.63, 3.8) is 0 Å². The molecule has 0 unspecified atom stereocenters. The summed E-state index contributed by atoms with van der Waals surface area (Å²) in [5, 5.41) is 9.74. The lowest BCUT2D eigenvalue weighted by Gasteiger charge is -2.16. The number of carbonyl (C=O) groups is 2. The fourth-order valence-electron chi connectivity index (χ4n) is 1.09. The van der Waals surface area contributed by atoms with Crippen LogP contribution in [-0.2, 0) is 9.59 Å². The Bertz CT molecular complexity index is 552. The summed E-state index contributed by atoms with van der Waals surface area (Å²) < 4.78 is 10.0. The highest BCUT2D eigenvalue weighted by atomic mass is 16.5. The van der Waals surface area contributed by atoms with Crippen LogP contribution in [-0.4, -0.2) is 17.0 Å². The van der Waals surface area contributed by atoms with Crippen molar-refractivity contribution in [3.8, 4) is 17.2 Å². The third-order valence-corrected chi connectivity index (χ3v) is 2.30. The first-order chi connectivity index (χ1) is 9.11. The van der Waals surface area contributed by atoms with Gasteiger partial charge >= 0.3 is 11.9 Å². The zero-order chi connectivity index (χ0) is 15.5. The van der Waals surface area contributed by atoms with Crippen molar-refractivity contribution in [2.75, 3.05) is 0 Å². The summed E-state index contributed by atoms with van der Waals surface area (Å²) in [5.41, 5.74) is -0.437. The van der Waals surface area contributed by atoms with Crippen LogP contribution in [0.1, 0.15) is 27.7 Å². The van der Waals surface area contributed by atoms with E-state index in [1.807, 2.05) is 0 Å². The van der Waals surface area contributed by atoms with Crippen LogP contribution in [0.25, 0.3) is 0 Å². The van der Waals surface area contributed by atoms with Crippen molar-refractivity contribution in [3.05, 3.63) is 30.4 Å². The molecule has 0 aliphatic rings. The van der Waals surface area contributed by atoms with Crippen LogP contribution >= 0.6 is 0 Å². The van der Waals surface area contributed by atoms with Gasteiger partial charge in [-0.25, -0.2) is 4.79 Å². The lowest BCUT2D eigenvalue weighted by atomic mass is 9.97. The number of aromatic hydroxyl groups is 1. The minimum absolute atomic E-state index is 0.0199. The van der Waals surface area contributed by atoms with Crippen LogP contribution < -0.4 is 9.47 Å². The van der Waals surface area contributed by atoms with Crippen molar-refractivity contribution in [2.24, 2.45) is 5.41 Å². The van der Waals surface area contributed by atoms with E-state index in [0.717, 1.165) is 0 Å². The summed E-state index contributed by atoms with van der Waals surface area (Å²) in [5.74, 6) is -1.20. The third-order valence-electron chi connectivity index (χ3n) is 2.30. The fourth-order valence-corrected chi connectivity index (χ4v) is 1.09. The first-order valence-corrected chi connectivity index (χ1v) is 6.04. The second-order valence-electron chi connectivity index (χ2n) is 5.44. The van der Waals surface area contributed by atoms with Crippen molar-refractivity contribution in [1.29, 1.82) is 0 Å². The average molecular weight is 278 g/mol. The normalized spacial score (nSPS) is 10.8. The lowest BCUT2D eigenvalue weighted by Crippen LogP contribution is -2.25. The Morgan fingerprint density at radius 2 is 1.80 bits per heavy atom. The highest BCUT2D eigenvalue weighted by Crippen LogP contribution is 2.31. The van der Waals surface area contributed by atoms with Crippen molar-refractivity contribution >= 4 is 11.9 Å². The maximum Gasteiger partial charge on any atom is 0.338 e. The quantitative estimate of drug-likeness (QED) is 0.523. The van der Waals surface area contributed by atoms with Gasteiger partial charge in [0, 0.05) is 11.6 Å². The number of rotatable bonds is 3. The zero-order valence-corrected chi connectivity index (χ0v) is 12.0. The molecular formula is C15H18O5. The van der Waals surface area contributed by atoms with E-state index < -0.39 is 17.4 Å². The van der Waals surface area contributed by atoms with Gasteiger partial charge in [0.05, 0.1) is 5.41 Å². The molecule has 108 valence electrons. The summed E-state index contributed by atoms with van der Waals surface area (Å²) in [6, 6.07) is 4.00. The van der Waals surface area contributed by atoms with E-state index in [2.05, 4.69) is 6.58 Å². The fraction of sp³-hybridized carbons (Fsp3) is 0.333. The molecule has 1 rings (SSSR count). The monoisotopic (exact) mass is 278 g/mol. The van der Waals surface area contributed by atoms with Crippen molar-refractivity contribution in [2.45, 2.75) is 27.7 Å². The maximum absolute atomic E-state index is 11.7. The summed E-state index contributed by atoms with van der Waals surface area (Å²) in [4.78, 5) is 23.0. The van der Waals surface area contributed by atoms with Crippen LogP contribution in [0.5, 0.6) is 17.2 Å². The SMILES string of the molecule is C=C(C)C(=O)Oc1ccc(OC(=O)C(C)(C)C)cc1O. The Morgan fingerprint density at radius 3 is 2.25 bits per heavy atom. The van der Waals surface area contributed by atoms with Gasteiger partial charge < -0.3 is 14.6 Å². The van der Waals surface area contributed by atoms with Crippen molar-refractivity contribution < 1.29 is 24.2 Å². The maximum atomic E-state index is 11.7. The smallest absolute Gasteiger partial charge is 0.338 e. The molecule has 0 amide bonds. The number of esters is 2. The molecule has 5 nitrogen and oxygen atoms in total. The molecule has 0 aromatic heterocycles. The van der Waals surface area contributed by atoms with Crippen LogP contribution in [0.15, 0.2) is 30.4 Å². The largest absolute Gasteiger partial charge is 0.504 e. The summed E-state index contributed by atoms with van der Waals surface area (Å²) in [6.07, 6.45) is 0.